The molecule has 1 fully saturated rings. The summed E-state index contributed by atoms with van der Waals surface area (Å²) in [5.74, 6) is -0.561. The van der Waals surface area contributed by atoms with E-state index in [1.807, 2.05) is 100 Å². The van der Waals surface area contributed by atoms with Gasteiger partial charge in [0, 0.05) is 52.9 Å². The Morgan fingerprint density at radius 1 is 0.959 bits per heavy atom. The number of rotatable bonds is 17. The molecule has 1 unspecified atom stereocenters. The Morgan fingerprint density at radius 2 is 1.67 bits per heavy atom. The zero-order valence-electron chi connectivity index (χ0n) is 42.6. The molecule has 0 spiro atoms. The number of ketones is 1. The number of carbonyl (C=O) groups is 4. The summed E-state index contributed by atoms with van der Waals surface area (Å²) in [5, 5.41) is 27.0. The number of hydrogen-bond acceptors (Lipinski definition) is 12. The van der Waals surface area contributed by atoms with Gasteiger partial charge < -0.3 is 25.4 Å². The highest BCUT2D eigenvalue weighted by Crippen LogP contribution is 2.40. The van der Waals surface area contributed by atoms with Crippen molar-refractivity contribution in [3.8, 4) is 21.2 Å². The Bertz CT molecular complexity index is 3050. The van der Waals surface area contributed by atoms with E-state index in [0.29, 0.717) is 22.2 Å². The number of carbonyl (C=O) groups excluding carboxylic acids is 4. The lowest BCUT2D eigenvalue weighted by molar-refractivity contribution is -0.143. The third kappa shape index (κ3) is 12.1. The smallest absolute Gasteiger partial charge is 0.246 e. The summed E-state index contributed by atoms with van der Waals surface area (Å²) >= 11 is 9.47. The second-order valence-electron chi connectivity index (χ2n) is 20.4. The number of benzene rings is 3. The van der Waals surface area contributed by atoms with Crippen molar-refractivity contribution in [2.45, 2.75) is 131 Å². The summed E-state index contributed by atoms with van der Waals surface area (Å²) in [6.45, 7) is 17.3. The maximum absolute atomic E-state index is 15.1. The number of amides is 3. The van der Waals surface area contributed by atoms with Crippen molar-refractivity contribution in [1.82, 2.24) is 35.3 Å². The maximum Gasteiger partial charge on any atom is 0.246 e. The molecular formula is C55H62ClFN8O6S2. The molecule has 3 aromatic heterocycles. The number of likely N-dealkylation sites (tertiary alicyclic amines) is 1. The first-order valence-corrected chi connectivity index (χ1v) is 26.6. The summed E-state index contributed by atoms with van der Waals surface area (Å²) in [6, 6.07) is 17.3. The lowest BCUT2D eigenvalue weighted by atomic mass is 9.85. The number of nitrogens with one attached hydrogen (secondary N) is 2. The van der Waals surface area contributed by atoms with Crippen molar-refractivity contribution < 1.29 is 33.4 Å². The Morgan fingerprint density at radius 3 is 2.36 bits per heavy atom. The minimum absolute atomic E-state index is 0.0222. The summed E-state index contributed by atoms with van der Waals surface area (Å²) in [6.07, 6.45) is -1.12. The van der Waals surface area contributed by atoms with E-state index < -0.39 is 53.4 Å². The number of Topliss-reactive ketones (excluding diaryl/α,β-unsaturated/α-hetero) is 1. The number of halogens is 2. The second kappa shape index (κ2) is 22.1. The van der Waals surface area contributed by atoms with E-state index in [1.165, 1.54) is 17.0 Å². The first-order chi connectivity index (χ1) is 34.6. The number of thiazole rings is 1. The van der Waals surface area contributed by atoms with E-state index >= 15 is 4.39 Å². The van der Waals surface area contributed by atoms with E-state index in [9.17, 15) is 24.3 Å². The quantitative estimate of drug-likeness (QED) is 0.0802. The molecule has 3 N–H and O–H groups in total. The van der Waals surface area contributed by atoms with Crippen molar-refractivity contribution in [3.05, 3.63) is 133 Å². The molecule has 18 heteroatoms. The normalized spacial score (nSPS) is 17.7. The molecule has 6 atom stereocenters. The summed E-state index contributed by atoms with van der Waals surface area (Å²) in [4.78, 5) is 68.6. The third-order valence-electron chi connectivity index (χ3n) is 13.6. The molecule has 0 saturated carbocycles. The topological polar surface area (TPSA) is 181 Å². The van der Waals surface area contributed by atoms with E-state index in [2.05, 4.69) is 39.7 Å². The monoisotopic (exact) mass is 1050 g/mol. The fourth-order valence-corrected chi connectivity index (χ4v) is 11.7. The number of β-amino-alcohol motifs (C(OH)–C–C–N with tert-alkyl or cyclic N) is 1. The number of nitrogens with zero attached hydrogens (tertiary/aromatic N) is 6. The van der Waals surface area contributed by atoms with Gasteiger partial charge in [-0.1, -0.05) is 75.7 Å². The van der Waals surface area contributed by atoms with Gasteiger partial charge in [0.25, 0.3) is 0 Å². The van der Waals surface area contributed by atoms with Crippen molar-refractivity contribution in [2.75, 3.05) is 13.1 Å². The summed E-state index contributed by atoms with van der Waals surface area (Å²) < 4.78 is 23.2. The van der Waals surface area contributed by atoms with Crippen molar-refractivity contribution in [3.63, 3.8) is 0 Å². The van der Waals surface area contributed by atoms with E-state index in [4.69, 9.17) is 21.3 Å². The van der Waals surface area contributed by atoms with Gasteiger partial charge in [0.05, 0.1) is 46.9 Å². The van der Waals surface area contributed by atoms with Gasteiger partial charge in [0.2, 0.25) is 17.7 Å². The van der Waals surface area contributed by atoms with E-state index in [-0.39, 0.29) is 68.6 Å². The Hall–Kier alpha value is -6.14. The molecule has 0 bridgehead atoms. The Kier molecular flexibility index (Phi) is 16.1. The number of aliphatic hydroxyl groups excluding tert-OH is 1. The van der Waals surface area contributed by atoms with Crippen molar-refractivity contribution >= 4 is 63.5 Å². The molecule has 14 nitrogen and oxygen atoms in total. The predicted molar refractivity (Wildman–Crippen MR) is 284 cm³/mol. The second-order valence-corrected chi connectivity index (χ2v) is 22.9. The Balaban J connectivity index is 0.862. The standard InChI is InChI=1S/C55H62ClFN8O6S2/c1-29(36-11-13-38(14-12-36)50-32(4)59-28-72-50)20-45(67)44-24-41(66)27-64(44)53(70)51(55(7,8)9)61-46(68)19-10-35-21-40(57)23-42(22-35)71-30(2)26-58-47(69)25-43-52-63-62-34(6)65(52)54-48(31(3)33(5)73-54)49(60-43)37-15-17-39(56)18-16-37/h11-18,21-23,28-30,41,43-44,51,66H,10,19-20,24-27H2,1-9H3,(H,58,69)(H,61,68)/t29-,30?,41-,43+,44+,51-/m1/s1. The number of thiophene rings is 1. The molecule has 0 radical (unpaired) electrons. The molecule has 5 heterocycles. The van der Waals surface area contributed by atoms with E-state index in [1.54, 1.807) is 35.7 Å². The van der Waals surface area contributed by atoms with Crippen molar-refractivity contribution in [2.24, 2.45) is 10.4 Å². The number of aromatic nitrogens is 4. The SMILES string of the molecule is Cc1ncsc1-c1ccc([C@H](C)CC(=O)[C@@H]2C[C@@H](O)CN2C(=O)[C@@H](NC(=O)CCc2cc(F)cc(OC(C)CNC(=O)C[C@@H]3N=C(c4ccc(Cl)cc4)c4c(sc(C)c4C)-n4c(C)nnc43)c2)C(C)(C)C)cc1. The van der Waals surface area contributed by atoms with Crippen LogP contribution in [-0.4, -0.2) is 96.4 Å². The number of aryl methyl sites for hydroxylation is 4. The van der Waals surface area contributed by atoms with E-state index in [0.717, 1.165) is 54.0 Å². The van der Waals surface area contributed by atoms with Crippen LogP contribution in [0.2, 0.25) is 5.02 Å². The molecule has 3 amide bonds. The van der Waals surface area contributed by atoms with Gasteiger partial charge >= 0.3 is 0 Å². The van der Waals surface area contributed by atoms with Crippen LogP contribution in [-0.2, 0) is 25.6 Å². The van der Waals surface area contributed by atoms with Gasteiger partial charge in [0.1, 0.15) is 40.6 Å². The lowest BCUT2D eigenvalue weighted by Gasteiger charge is -2.35. The Labute approximate surface area is 438 Å². The zero-order valence-corrected chi connectivity index (χ0v) is 45.0. The van der Waals surface area contributed by atoms with Gasteiger partial charge in [-0.2, -0.15) is 0 Å². The molecule has 6 aromatic rings. The predicted octanol–water partition coefficient (Wildman–Crippen LogP) is 9.53. The number of ether oxygens (including phenoxy) is 1. The highest BCUT2D eigenvalue weighted by Gasteiger charge is 2.44. The van der Waals surface area contributed by atoms with Gasteiger partial charge in [-0.05, 0) is 98.9 Å². The van der Waals surface area contributed by atoms with Crippen LogP contribution in [0.15, 0.2) is 77.2 Å². The molecule has 0 aliphatic carbocycles. The molecular weight excluding hydrogens is 987 g/mol. The number of aliphatic hydroxyl groups is 1. The average molecular weight is 1050 g/mol. The number of hydrogen-bond donors (Lipinski definition) is 3. The molecule has 8 rings (SSSR count). The van der Waals surface area contributed by atoms with Crippen LogP contribution in [0.3, 0.4) is 0 Å². The molecule has 2 aliphatic heterocycles. The number of aliphatic imine (C=N–C) groups is 1. The number of fused-ring (bicyclic) bond motifs is 3. The van der Waals surface area contributed by atoms with Gasteiger partial charge in [-0.25, -0.2) is 9.37 Å². The minimum atomic E-state index is -1.01. The largest absolute Gasteiger partial charge is 0.489 e. The fraction of sp³-hybridized carbons (Fsp3) is 0.418. The average Bonchev–Trinajstić information content (AvgIpc) is 4.11. The van der Waals surface area contributed by atoms with Crippen LogP contribution in [0.5, 0.6) is 5.75 Å². The lowest BCUT2D eigenvalue weighted by Crippen LogP contribution is -2.56. The van der Waals surface area contributed by atoms with Crippen LogP contribution in [0.4, 0.5) is 4.39 Å². The van der Waals surface area contributed by atoms with Gasteiger partial charge in [-0.3, -0.25) is 28.7 Å². The summed E-state index contributed by atoms with van der Waals surface area (Å²) in [7, 11) is 0. The summed E-state index contributed by atoms with van der Waals surface area (Å²) in [5.41, 5.74) is 8.21. The molecule has 2 aliphatic rings. The zero-order chi connectivity index (χ0) is 52.5. The third-order valence-corrected chi connectivity index (χ3v) is 16.0. The fourth-order valence-electron chi connectivity index (χ4n) is 9.51. The van der Waals surface area contributed by atoms with Crippen LogP contribution >= 0.6 is 34.3 Å². The molecule has 73 heavy (non-hydrogen) atoms. The van der Waals surface area contributed by atoms with Crippen molar-refractivity contribution in [1.29, 1.82) is 0 Å². The molecule has 384 valence electrons. The maximum atomic E-state index is 15.1. The highest BCUT2D eigenvalue weighted by molar-refractivity contribution is 7.15. The first kappa shape index (κ1) is 53.2. The van der Waals surface area contributed by atoms with Crippen LogP contribution in [0, 0.1) is 38.9 Å². The van der Waals surface area contributed by atoms with Gasteiger partial charge in [-0.15, -0.1) is 32.9 Å². The van der Waals surface area contributed by atoms with Crippen LogP contribution in [0.25, 0.3) is 15.4 Å². The molecule has 3 aromatic carbocycles. The minimum Gasteiger partial charge on any atom is -0.489 e. The first-order valence-electron chi connectivity index (χ1n) is 24.5. The highest BCUT2D eigenvalue weighted by atomic mass is 35.5. The van der Waals surface area contributed by atoms with Crippen LogP contribution < -0.4 is 15.4 Å². The van der Waals surface area contributed by atoms with Crippen LogP contribution in [0.1, 0.15) is 122 Å². The molecule has 1 saturated heterocycles. The van der Waals surface area contributed by atoms with Gasteiger partial charge in [0.15, 0.2) is 11.6 Å².